The molecule has 222 valence electrons. The summed E-state index contributed by atoms with van der Waals surface area (Å²) in [7, 11) is 0. The quantitative estimate of drug-likeness (QED) is 0.199. The number of para-hydroxylation sites is 3. The lowest BCUT2D eigenvalue weighted by Crippen LogP contribution is -2.03. The van der Waals surface area contributed by atoms with Crippen molar-refractivity contribution in [3.05, 3.63) is 158 Å². The highest BCUT2D eigenvalue weighted by Gasteiger charge is 2.22. The van der Waals surface area contributed by atoms with Crippen molar-refractivity contribution >= 4 is 70.7 Å². The Morgan fingerprint density at radius 2 is 1.06 bits per heavy atom. The zero-order valence-corrected chi connectivity index (χ0v) is 25.8. The number of aromatic nitrogens is 4. The topological polar surface area (TPSA) is 35.1 Å². The van der Waals surface area contributed by atoms with Gasteiger partial charge in [0, 0.05) is 44.1 Å². The molecule has 4 heteroatoms. The summed E-state index contributed by atoms with van der Waals surface area (Å²) in [6.07, 6.45) is 2.20. The molecule has 0 saturated carbocycles. The van der Waals surface area contributed by atoms with Crippen molar-refractivity contribution in [2.75, 3.05) is 0 Å². The lowest BCUT2D eigenvalue weighted by atomic mass is 9.96. The molecule has 11 rings (SSSR count). The van der Waals surface area contributed by atoms with Crippen LogP contribution in [0.1, 0.15) is 0 Å². The first-order valence-corrected chi connectivity index (χ1v) is 16.3. The molecule has 0 aliphatic heterocycles. The van der Waals surface area contributed by atoms with E-state index in [-0.39, 0.29) is 0 Å². The highest BCUT2D eigenvalue weighted by molar-refractivity contribution is 6.27. The molecule has 0 bridgehead atoms. The Labute approximate surface area is 275 Å². The summed E-state index contributed by atoms with van der Waals surface area (Å²) in [6.45, 7) is 0. The Morgan fingerprint density at radius 1 is 0.417 bits per heavy atom. The van der Waals surface area contributed by atoms with Gasteiger partial charge >= 0.3 is 0 Å². The Morgan fingerprint density at radius 3 is 1.92 bits per heavy atom. The van der Waals surface area contributed by atoms with E-state index in [1.807, 2.05) is 0 Å². The fourth-order valence-corrected chi connectivity index (χ4v) is 7.98. The van der Waals surface area contributed by atoms with Gasteiger partial charge in [-0.2, -0.15) is 0 Å². The van der Waals surface area contributed by atoms with Crippen molar-refractivity contribution in [2.24, 2.45) is 0 Å². The first-order valence-electron chi connectivity index (χ1n) is 16.3. The fraction of sp³-hybridized carbons (Fsp3) is 0. The van der Waals surface area contributed by atoms with Crippen LogP contribution in [0.5, 0.6) is 0 Å². The van der Waals surface area contributed by atoms with E-state index in [0.29, 0.717) is 5.95 Å². The summed E-state index contributed by atoms with van der Waals surface area (Å²) in [5.74, 6) is 0.673. The second kappa shape index (κ2) is 9.50. The van der Waals surface area contributed by atoms with Gasteiger partial charge in [0.25, 0.3) is 0 Å². The molecule has 48 heavy (non-hydrogen) atoms. The predicted molar refractivity (Wildman–Crippen MR) is 199 cm³/mol. The number of hydrogen-bond donors (Lipinski definition) is 0. The van der Waals surface area contributed by atoms with E-state index in [1.54, 1.807) is 0 Å². The van der Waals surface area contributed by atoms with Crippen LogP contribution < -0.4 is 0 Å². The van der Waals surface area contributed by atoms with Gasteiger partial charge in [-0.05, 0) is 52.2 Å². The number of fused-ring (bicyclic) bond motifs is 9. The van der Waals surface area contributed by atoms with E-state index in [9.17, 15) is 0 Å². The van der Waals surface area contributed by atoms with Crippen LogP contribution in [0.25, 0.3) is 99.0 Å². The molecule has 0 spiro atoms. The molecule has 11 aromatic rings. The van der Waals surface area contributed by atoms with E-state index in [2.05, 4.69) is 167 Å². The van der Waals surface area contributed by atoms with E-state index in [4.69, 9.17) is 9.97 Å². The summed E-state index contributed by atoms with van der Waals surface area (Å²) in [4.78, 5) is 10.6. The highest BCUT2D eigenvalue weighted by Crippen LogP contribution is 2.42. The third kappa shape index (κ3) is 3.43. The van der Waals surface area contributed by atoms with Crippen molar-refractivity contribution in [1.29, 1.82) is 0 Å². The summed E-state index contributed by atoms with van der Waals surface area (Å²) < 4.78 is 4.60. The summed E-state index contributed by atoms with van der Waals surface area (Å²) >= 11 is 0. The number of benzene rings is 7. The first-order chi connectivity index (χ1) is 23.8. The average molecular weight is 611 g/mol. The van der Waals surface area contributed by atoms with Crippen LogP contribution in [0.2, 0.25) is 0 Å². The second-order valence-corrected chi connectivity index (χ2v) is 12.6. The van der Waals surface area contributed by atoms with Gasteiger partial charge < -0.3 is 4.40 Å². The minimum Gasteiger partial charge on any atom is -0.315 e. The van der Waals surface area contributed by atoms with Gasteiger partial charge in [-0.25, -0.2) is 9.97 Å². The number of hydrogen-bond acceptors (Lipinski definition) is 2. The van der Waals surface area contributed by atoms with Gasteiger partial charge in [-0.1, -0.05) is 121 Å². The molecule has 4 aromatic heterocycles. The molecule has 0 fully saturated rings. The molecular formula is C44H26N4. The van der Waals surface area contributed by atoms with Crippen LogP contribution in [0, 0.1) is 0 Å². The van der Waals surface area contributed by atoms with Crippen LogP contribution in [-0.4, -0.2) is 18.9 Å². The number of nitrogens with zero attached hydrogens (tertiary/aromatic N) is 4. The molecule has 0 saturated heterocycles. The lowest BCUT2D eigenvalue weighted by Gasteiger charge is -2.13. The molecule has 0 aliphatic rings. The summed E-state index contributed by atoms with van der Waals surface area (Å²) in [6, 6.07) is 54.2. The minimum absolute atomic E-state index is 0.673. The van der Waals surface area contributed by atoms with Gasteiger partial charge in [0.05, 0.1) is 33.3 Å². The smallest absolute Gasteiger partial charge is 0.235 e. The SMILES string of the molecule is c1ccc2c(-c3ccc(-c4nc(-n5c6ccccc6c6cc7c8ccccc8n8ccc(c65)c78)nc5ccccc45)cc3)cccc2c1. The molecule has 0 aliphatic carbocycles. The zero-order chi connectivity index (χ0) is 31.3. The normalized spacial score (nSPS) is 12.2. The molecule has 0 N–H and O–H groups in total. The molecular weight excluding hydrogens is 585 g/mol. The lowest BCUT2D eigenvalue weighted by molar-refractivity contribution is 1.02. The van der Waals surface area contributed by atoms with Crippen LogP contribution in [0.4, 0.5) is 0 Å². The predicted octanol–water partition coefficient (Wildman–Crippen LogP) is 11.2. The highest BCUT2D eigenvalue weighted by atomic mass is 15.2. The summed E-state index contributed by atoms with van der Waals surface area (Å²) in [5, 5.41) is 9.68. The molecule has 4 nitrogen and oxygen atoms in total. The van der Waals surface area contributed by atoms with Crippen LogP contribution in [0.3, 0.4) is 0 Å². The molecule has 0 unspecified atom stereocenters. The van der Waals surface area contributed by atoms with Crippen LogP contribution in [-0.2, 0) is 0 Å². The first kappa shape index (κ1) is 25.6. The number of rotatable bonds is 3. The zero-order valence-electron chi connectivity index (χ0n) is 25.8. The van der Waals surface area contributed by atoms with E-state index >= 15 is 0 Å². The van der Waals surface area contributed by atoms with E-state index < -0.39 is 0 Å². The Kier molecular flexibility index (Phi) is 5.08. The Balaban J connectivity index is 1.18. The van der Waals surface area contributed by atoms with Gasteiger partial charge in [0.1, 0.15) is 0 Å². The molecule has 4 heterocycles. The van der Waals surface area contributed by atoms with Gasteiger partial charge in [-0.15, -0.1) is 0 Å². The monoisotopic (exact) mass is 610 g/mol. The van der Waals surface area contributed by atoms with Crippen molar-refractivity contribution in [3.8, 4) is 28.3 Å². The van der Waals surface area contributed by atoms with Crippen LogP contribution in [0.15, 0.2) is 158 Å². The summed E-state index contributed by atoms with van der Waals surface area (Å²) in [5.41, 5.74) is 10.0. The van der Waals surface area contributed by atoms with Gasteiger partial charge in [0.2, 0.25) is 5.95 Å². The molecule has 0 atom stereocenters. The molecule has 0 radical (unpaired) electrons. The molecule has 0 amide bonds. The average Bonchev–Trinajstić information content (AvgIpc) is 3.83. The maximum absolute atomic E-state index is 5.40. The van der Waals surface area contributed by atoms with Crippen molar-refractivity contribution in [2.45, 2.75) is 0 Å². The van der Waals surface area contributed by atoms with Gasteiger partial charge in [0.15, 0.2) is 0 Å². The van der Waals surface area contributed by atoms with Crippen molar-refractivity contribution < 1.29 is 0 Å². The van der Waals surface area contributed by atoms with E-state index in [1.165, 1.54) is 59.9 Å². The maximum atomic E-state index is 5.40. The third-order valence-corrected chi connectivity index (χ3v) is 10.1. The van der Waals surface area contributed by atoms with Crippen molar-refractivity contribution in [1.82, 2.24) is 18.9 Å². The largest absolute Gasteiger partial charge is 0.315 e. The minimum atomic E-state index is 0.673. The van der Waals surface area contributed by atoms with E-state index in [0.717, 1.165) is 33.2 Å². The second-order valence-electron chi connectivity index (χ2n) is 12.6. The van der Waals surface area contributed by atoms with Crippen molar-refractivity contribution in [3.63, 3.8) is 0 Å². The fourth-order valence-electron chi connectivity index (χ4n) is 7.98. The van der Waals surface area contributed by atoms with Crippen LogP contribution >= 0.6 is 0 Å². The Hall–Kier alpha value is -6.52. The Bertz CT molecular complexity index is 3050. The molecule has 7 aromatic carbocycles. The maximum Gasteiger partial charge on any atom is 0.235 e. The standard InChI is InChI=1S/C44H26N4/c1-2-12-30-27(10-1)11-9-16-31(30)28-20-22-29(23-21-28)41-34-15-3-6-17-38(34)45-44(46-41)48-40-19-8-5-14-33(40)37-26-36-32-13-4-7-18-39(32)47-25-24-35(42(36)47)43(37)48/h1-26H. The van der Waals surface area contributed by atoms with Gasteiger partial charge in [-0.3, -0.25) is 4.57 Å². The third-order valence-electron chi connectivity index (χ3n) is 10.1.